The van der Waals surface area contributed by atoms with Crippen molar-refractivity contribution in [2.75, 3.05) is 0 Å². The van der Waals surface area contributed by atoms with E-state index in [4.69, 9.17) is 5.26 Å². The van der Waals surface area contributed by atoms with Crippen LogP contribution in [0.15, 0.2) is 36.4 Å². The fraction of sp³-hybridized carbons (Fsp3) is 0.125. The molecule has 0 spiro atoms. The lowest BCUT2D eigenvalue weighted by Crippen LogP contribution is -1.99. The maximum Gasteiger partial charge on any atom is 0.161 e. The number of aromatic nitrogens is 2. The molecular weight excluding hydrogens is 272 g/mol. The van der Waals surface area contributed by atoms with Crippen LogP contribution >= 0.6 is 0 Å². The van der Waals surface area contributed by atoms with Gasteiger partial charge in [0, 0.05) is 17.7 Å². The van der Waals surface area contributed by atoms with Crippen LogP contribution in [0, 0.1) is 29.9 Å². The molecule has 0 aliphatic heterocycles. The van der Waals surface area contributed by atoms with Crippen LogP contribution in [0.1, 0.15) is 5.56 Å². The van der Waals surface area contributed by atoms with Crippen molar-refractivity contribution < 1.29 is 8.78 Å². The Labute approximate surface area is 120 Å². The van der Waals surface area contributed by atoms with E-state index in [-0.39, 0.29) is 6.54 Å². The molecule has 3 aromatic rings. The highest BCUT2D eigenvalue weighted by Crippen LogP contribution is 2.26. The van der Waals surface area contributed by atoms with E-state index in [1.54, 1.807) is 4.57 Å². The summed E-state index contributed by atoms with van der Waals surface area (Å²) in [6.45, 7) is 1.96. The van der Waals surface area contributed by atoms with Crippen LogP contribution in [0.5, 0.6) is 0 Å². The summed E-state index contributed by atoms with van der Waals surface area (Å²) in [6, 6.07) is 11.8. The standard InChI is InChI=1S/C16H11F2N3/c1-10-3-2-4-11(7-10)16-20-14-8-12(17)13(18)9-15(14)21(16)6-5-19/h2-4,7-9H,6H2,1H3. The molecule has 0 atom stereocenters. The fourth-order valence-electron chi connectivity index (χ4n) is 2.36. The molecule has 1 heterocycles. The number of nitrogens with zero attached hydrogens (tertiary/aromatic N) is 3. The summed E-state index contributed by atoms with van der Waals surface area (Å²) in [6.07, 6.45) is 0. The SMILES string of the molecule is Cc1cccc(-c2nc3cc(F)c(F)cc3n2CC#N)c1. The van der Waals surface area contributed by atoms with Crippen molar-refractivity contribution >= 4 is 11.0 Å². The summed E-state index contributed by atoms with van der Waals surface area (Å²) in [7, 11) is 0. The Hall–Kier alpha value is -2.74. The van der Waals surface area contributed by atoms with Crippen LogP contribution in [-0.2, 0) is 6.54 Å². The van der Waals surface area contributed by atoms with Crippen molar-refractivity contribution in [1.29, 1.82) is 5.26 Å². The van der Waals surface area contributed by atoms with Crippen molar-refractivity contribution in [3.63, 3.8) is 0 Å². The molecule has 0 unspecified atom stereocenters. The quantitative estimate of drug-likeness (QED) is 0.717. The third-order valence-electron chi connectivity index (χ3n) is 3.30. The Morgan fingerprint density at radius 1 is 1.19 bits per heavy atom. The molecule has 0 bridgehead atoms. The first-order chi connectivity index (χ1) is 10.1. The molecule has 0 amide bonds. The molecule has 21 heavy (non-hydrogen) atoms. The van der Waals surface area contributed by atoms with Gasteiger partial charge in [0.15, 0.2) is 11.6 Å². The number of hydrogen-bond acceptors (Lipinski definition) is 2. The molecule has 0 aliphatic carbocycles. The molecule has 0 saturated heterocycles. The van der Waals surface area contributed by atoms with Crippen LogP contribution in [0.2, 0.25) is 0 Å². The normalized spacial score (nSPS) is 10.8. The number of benzene rings is 2. The smallest absolute Gasteiger partial charge is 0.161 e. The van der Waals surface area contributed by atoms with E-state index in [1.165, 1.54) is 0 Å². The topological polar surface area (TPSA) is 41.6 Å². The first kappa shape index (κ1) is 13.3. The minimum Gasteiger partial charge on any atom is -0.310 e. The Kier molecular flexibility index (Phi) is 3.15. The maximum atomic E-state index is 13.4. The Morgan fingerprint density at radius 2 is 1.95 bits per heavy atom. The molecular formula is C16H11F2N3. The largest absolute Gasteiger partial charge is 0.310 e. The van der Waals surface area contributed by atoms with Gasteiger partial charge in [0.25, 0.3) is 0 Å². The average molecular weight is 283 g/mol. The van der Waals surface area contributed by atoms with Gasteiger partial charge in [0.2, 0.25) is 0 Å². The molecule has 104 valence electrons. The third kappa shape index (κ3) is 2.25. The predicted molar refractivity (Wildman–Crippen MR) is 75.4 cm³/mol. The van der Waals surface area contributed by atoms with Gasteiger partial charge in [-0.15, -0.1) is 0 Å². The van der Waals surface area contributed by atoms with E-state index < -0.39 is 11.6 Å². The van der Waals surface area contributed by atoms with Gasteiger partial charge in [-0.1, -0.05) is 23.8 Å². The van der Waals surface area contributed by atoms with Gasteiger partial charge in [0.1, 0.15) is 12.4 Å². The predicted octanol–water partition coefficient (Wildman–Crippen LogP) is 3.81. The summed E-state index contributed by atoms with van der Waals surface area (Å²) >= 11 is 0. The highest BCUT2D eigenvalue weighted by atomic mass is 19.2. The highest BCUT2D eigenvalue weighted by molar-refractivity contribution is 5.81. The summed E-state index contributed by atoms with van der Waals surface area (Å²) < 4.78 is 28.4. The van der Waals surface area contributed by atoms with E-state index in [9.17, 15) is 8.78 Å². The van der Waals surface area contributed by atoms with Gasteiger partial charge in [0.05, 0.1) is 17.1 Å². The molecule has 0 saturated carbocycles. The Bertz CT molecular complexity index is 875. The van der Waals surface area contributed by atoms with Gasteiger partial charge in [-0.25, -0.2) is 13.8 Å². The molecule has 0 N–H and O–H groups in total. The molecule has 5 heteroatoms. The highest BCUT2D eigenvalue weighted by Gasteiger charge is 2.15. The van der Waals surface area contributed by atoms with Crippen LogP contribution in [0.25, 0.3) is 22.4 Å². The molecule has 0 aliphatic rings. The monoisotopic (exact) mass is 283 g/mol. The lowest BCUT2D eigenvalue weighted by atomic mass is 10.1. The zero-order chi connectivity index (χ0) is 15.0. The van der Waals surface area contributed by atoms with Crippen molar-refractivity contribution in [2.24, 2.45) is 0 Å². The zero-order valence-electron chi connectivity index (χ0n) is 11.3. The molecule has 0 fully saturated rings. The number of halogens is 2. The van der Waals surface area contributed by atoms with Gasteiger partial charge in [-0.3, -0.25) is 0 Å². The second-order valence-electron chi connectivity index (χ2n) is 4.80. The van der Waals surface area contributed by atoms with Crippen LogP contribution < -0.4 is 0 Å². The van der Waals surface area contributed by atoms with Crippen LogP contribution in [0.4, 0.5) is 8.78 Å². The molecule has 0 radical (unpaired) electrons. The lowest BCUT2D eigenvalue weighted by Gasteiger charge is -2.05. The van der Waals surface area contributed by atoms with Crippen LogP contribution in [0.3, 0.4) is 0 Å². The minimum atomic E-state index is -0.947. The molecule has 3 rings (SSSR count). The first-order valence-electron chi connectivity index (χ1n) is 6.39. The Balaban J connectivity index is 2.32. The van der Waals surface area contributed by atoms with Crippen molar-refractivity contribution in [1.82, 2.24) is 9.55 Å². The summed E-state index contributed by atoms with van der Waals surface area (Å²) in [5.41, 5.74) is 2.59. The summed E-state index contributed by atoms with van der Waals surface area (Å²) in [5.74, 6) is -1.36. The van der Waals surface area contributed by atoms with Gasteiger partial charge in [-0.2, -0.15) is 5.26 Å². The second kappa shape index (κ2) is 4.98. The average Bonchev–Trinajstić information content (AvgIpc) is 2.78. The van der Waals surface area contributed by atoms with Crippen molar-refractivity contribution in [3.8, 4) is 17.5 Å². The van der Waals surface area contributed by atoms with Gasteiger partial charge >= 0.3 is 0 Å². The third-order valence-corrected chi connectivity index (χ3v) is 3.30. The van der Waals surface area contributed by atoms with E-state index in [0.717, 1.165) is 23.3 Å². The van der Waals surface area contributed by atoms with Crippen molar-refractivity contribution in [2.45, 2.75) is 13.5 Å². The summed E-state index contributed by atoms with van der Waals surface area (Å²) in [4.78, 5) is 4.35. The first-order valence-corrected chi connectivity index (χ1v) is 6.39. The summed E-state index contributed by atoms with van der Waals surface area (Å²) in [5, 5.41) is 8.98. The van der Waals surface area contributed by atoms with E-state index in [0.29, 0.717) is 16.9 Å². The molecule has 2 aromatic carbocycles. The number of nitriles is 1. The number of aryl methyl sites for hydroxylation is 1. The number of fused-ring (bicyclic) bond motifs is 1. The van der Waals surface area contributed by atoms with E-state index in [2.05, 4.69) is 4.98 Å². The number of imidazole rings is 1. The van der Waals surface area contributed by atoms with Crippen molar-refractivity contribution in [3.05, 3.63) is 53.6 Å². The number of hydrogen-bond donors (Lipinski definition) is 0. The van der Waals surface area contributed by atoms with Gasteiger partial charge < -0.3 is 4.57 Å². The Morgan fingerprint density at radius 3 is 2.67 bits per heavy atom. The lowest BCUT2D eigenvalue weighted by molar-refractivity contribution is 0.510. The van der Waals surface area contributed by atoms with Gasteiger partial charge in [-0.05, 0) is 13.0 Å². The molecule has 1 aromatic heterocycles. The zero-order valence-corrected chi connectivity index (χ0v) is 11.3. The fourth-order valence-corrected chi connectivity index (χ4v) is 2.36. The van der Waals surface area contributed by atoms with E-state index in [1.807, 2.05) is 37.3 Å². The second-order valence-corrected chi connectivity index (χ2v) is 4.80. The van der Waals surface area contributed by atoms with Crippen LogP contribution in [-0.4, -0.2) is 9.55 Å². The van der Waals surface area contributed by atoms with E-state index >= 15 is 0 Å². The number of rotatable bonds is 2. The minimum absolute atomic E-state index is 0.0187. The molecule has 3 nitrogen and oxygen atoms in total. The maximum absolute atomic E-state index is 13.4.